The molecule has 0 spiro atoms. The fourth-order valence-electron chi connectivity index (χ4n) is 5.10. The van der Waals surface area contributed by atoms with Crippen LogP contribution in [-0.4, -0.2) is 59.2 Å². The van der Waals surface area contributed by atoms with E-state index in [2.05, 4.69) is 36.0 Å². The maximum Gasteiger partial charge on any atom is 0.245 e. The number of piperazine rings is 1. The molecule has 2 aliphatic rings. The minimum Gasteiger partial charge on any atom is -0.353 e. The summed E-state index contributed by atoms with van der Waals surface area (Å²) in [4.78, 5) is 14.8. The summed E-state index contributed by atoms with van der Waals surface area (Å²) < 4.78 is 33.2. The lowest BCUT2D eigenvalue weighted by Crippen LogP contribution is -2.49. The predicted molar refractivity (Wildman–Crippen MR) is 135 cm³/mol. The first kappa shape index (κ1) is 22.8. The van der Waals surface area contributed by atoms with Crippen LogP contribution in [0.2, 0.25) is 0 Å². The van der Waals surface area contributed by atoms with Crippen molar-refractivity contribution < 1.29 is 13.0 Å². The zero-order valence-electron chi connectivity index (χ0n) is 20.1. The largest absolute Gasteiger partial charge is 0.353 e. The zero-order chi connectivity index (χ0) is 24.3. The van der Waals surface area contributed by atoms with E-state index in [4.69, 9.17) is 14.6 Å². The molecule has 1 aliphatic carbocycles. The fraction of sp³-hybridized carbons (Fsp3) is 0.500. The molecule has 1 fully saturated rings. The molecule has 0 radical (unpaired) electrons. The van der Waals surface area contributed by atoms with Crippen LogP contribution in [0, 0.1) is 5.92 Å². The van der Waals surface area contributed by atoms with Crippen LogP contribution >= 0.6 is 11.3 Å². The highest BCUT2D eigenvalue weighted by atomic mass is 32.2. The van der Waals surface area contributed by atoms with Crippen molar-refractivity contribution in [3.63, 3.8) is 0 Å². The number of rotatable bonds is 4. The van der Waals surface area contributed by atoms with Gasteiger partial charge in [-0.1, -0.05) is 26.8 Å². The minimum absolute atomic E-state index is 0.136. The average Bonchev–Trinajstić information content (AvgIpc) is 3.47. The Balaban J connectivity index is 1.33. The van der Waals surface area contributed by atoms with Crippen molar-refractivity contribution in [2.75, 3.05) is 31.1 Å². The van der Waals surface area contributed by atoms with Gasteiger partial charge in [-0.15, -0.1) is 11.3 Å². The van der Waals surface area contributed by atoms with Crippen molar-refractivity contribution in [3.8, 4) is 0 Å². The SMILES string of the molecule is CC1CCc2c(sc3nc(C(C)C)nc(N4CCN(S(=O)(=O)c5cccc6nonc56)CC4)c23)C1. The van der Waals surface area contributed by atoms with Crippen LogP contribution in [0.5, 0.6) is 0 Å². The number of sulfonamides is 1. The first-order chi connectivity index (χ1) is 16.8. The molecule has 0 saturated carbocycles. The summed E-state index contributed by atoms with van der Waals surface area (Å²) in [7, 11) is -3.72. The van der Waals surface area contributed by atoms with Gasteiger partial charge in [0.25, 0.3) is 0 Å². The number of benzene rings is 1. The summed E-state index contributed by atoms with van der Waals surface area (Å²) in [5.41, 5.74) is 2.10. The van der Waals surface area contributed by atoms with E-state index < -0.39 is 10.0 Å². The van der Waals surface area contributed by atoms with E-state index in [1.54, 1.807) is 18.2 Å². The molecular weight excluding hydrogens is 484 g/mol. The molecule has 1 aliphatic heterocycles. The first-order valence-corrected chi connectivity index (χ1v) is 14.4. The Bertz CT molecular complexity index is 1520. The number of anilines is 1. The monoisotopic (exact) mass is 512 g/mol. The zero-order valence-corrected chi connectivity index (χ0v) is 21.7. The second-order valence-corrected chi connectivity index (χ2v) is 12.9. The smallest absolute Gasteiger partial charge is 0.245 e. The van der Waals surface area contributed by atoms with Crippen LogP contribution < -0.4 is 4.90 Å². The van der Waals surface area contributed by atoms with E-state index >= 15 is 0 Å². The highest BCUT2D eigenvalue weighted by Gasteiger charge is 2.33. The van der Waals surface area contributed by atoms with Gasteiger partial charge in [-0.25, -0.2) is 23.0 Å². The second kappa shape index (κ2) is 8.49. The Kier molecular flexibility index (Phi) is 5.53. The molecule has 1 aromatic carbocycles. The molecule has 3 aromatic heterocycles. The van der Waals surface area contributed by atoms with Gasteiger partial charge in [-0.2, -0.15) is 4.31 Å². The van der Waals surface area contributed by atoms with Gasteiger partial charge in [-0.3, -0.25) is 0 Å². The van der Waals surface area contributed by atoms with Gasteiger partial charge in [0.2, 0.25) is 10.0 Å². The predicted octanol–water partition coefficient (Wildman–Crippen LogP) is 3.99. The number of nitrogens with zero attached hydrogens (tertiary/aromatic N) is 6. The molecule has 0 N–H and O–H groups in total. The topological polar surface area (TPSA) is 105 Å². The first-order valence-electron chi connectivity index (χ1n) is 12.1. The summed E-state index contributed by atoms with van der Waals surface area (Å²) in [5, 5.41) is 8.79. The van der Waals surface area contributed by atoms with Crippen molar-refractivity contribution in [3.05, 3.63) is 34.5 Å². The summed E-state index contributed by atoms with van der Waals surface area (Å²) in [5.74, 6) is 2.72. The molecule has 4 heterocycles. The van der Waals surface area contributed by atoms with E-state index in [0.717, 1.165) is 29.3 Å². The van der Waals surface area contributed by atoms with Crippen molar-refractivity contribution in [2.45, 2.75) is 50.8 Å². The molecule has 9 nitrogen and oxygen atoms in total. The van der Waals surface area contributed by atoms with Gasteiger partial charge in [0, 0.05) is 37.0 Å². The third-order valence-electron chi connectivity index (χ3n) is 7.07. The lowest BCUT2D eigenvalue weighted by atomic mass is 9.89. The number of thiophene rings is 1. The fourth-order valence-corrected chi connectivity index (χ4v) is 8.04. The summed E-state index contributed by atoms with van der Waals surface area (Å²) in [6.07, 6.45) is 3.33. The second-order valence-electron chi connectivity index (χ2n) is 9.87. The average molecular weight is 513 g/mol. The highest BCUT2D eigenvalue weighted by molar-refractivity contribution is 7.89. The Morgan fingerprint density at radius 2 is 1.91 bits per heavy atom. The van der Waals surface area contributed by atoms with Crippen LogP contribution in [0.25, 0.3) is 21.3 Å². The summed E-state index contributed by atoms with van der Waals surface area (Å²) in [6.45, 7) is 8.42. The van der Waals surface area contributed by atoms with Crippen LogP contribution in [0.4, 0.5) is 5.82 Å². The van der Waals surface area contributed by atoms with Gasteiger partial charge in [-0.05, 0) is 53.2 Å². The third-order valence-corrected chi connectivity index (χ3v) is 10.2. The molecule has 6 rings (SSSR count). The molecule has 0 bridgehead atoms. The van der Waals surface area contributed by atoms with Gasteiger partial charge < -0.3 is 4.90 Å². The van der Waals surface area contributed by atoms with Crippen LogP contribution in [0.1, 0.15) is 49.4 Å². The van der Waals surface area contributed by atoms with Crippen LogP contribution in [0.15, 0.2) is 27.7 Å². The highest BCUT2D eigenvalue weighted by Crippen LogP contribution is 2.42. The molecule has 0 amide bonds. The number of hydrogen-bond acceptors (Lipinski definition) is 9. The lowest BCUT2D eigenvalue weighted by Gasteiger charge is -2.35. The lowest BCUT2D eigenvalue weighted by molar-refractivity contribution is 0.315. The molecular formula is C24H28N6O3S2. The van der Waals surface area contributed by atoms with Crippen molar-refractivity contribution in [2.24, 2.45) is 5.92 Å². The third kappa shape index (κ3) is 3.80. The minimum atomic E-state index is -3.72. The Morgan fingerprint density at radius 1 is 1.11 bits per heavy atom. The van der Waals surface area contributed by atoms with E-state index in [1.807, 2.05) is 11.3 Å². The quantitative estimate of drug-likeness (QED) is 0.404. The van der Waals surface area contributed by atoms with Gasteiger partial charge in [0.1, 0.15) is 26.9 Å². The van der Waals surface area contributed by atoms with Gasteiger partial charge in [0.05, 0.1) is 5.39 Å². The number of hydrogen-bond donors (Lipinski definition) is 0. The number of fused-ring (bicyclic) bond motifs is 4. The Labute approximate surface area is 208 Å². The van der Waals surface area contributed by atoms with Crippen LogP contribution in [-0.2, 0) is 22.9 Å². The molecule has 4 aromatic rings. The summed E-state index contributed by atoms with van der Waals surface area (Å²) >= 11 is 1.81. The Morgan fingerprint density at radius 3 is 2.69 bits per heavy atom. The molecule has 1 unspecified atom stereocenters. The maximum atomic E-state index is 13.5. The molecule has 184 valence electrons. The van der Waals surface area contributed by atoms with Gasteiger partial charge in [0.15, 0.2) is 5.52 Å². The van der Waals surface area contributed by atoms with E-state index in [9.17, 15) is 8.42 Å². The van der Waals surface area contributed by atoms with Gasteiger partial charge >= 0.3 is 0 Å². The molecule has 11 heteroatoms. The van der Waals surface area contributed by atoms with E-state index in [-0.39, 0.29) is 16.3 Å². The van der Waals surface area contributed by atoms with Crippen molar-refractivity contribution >= 4 is 48.4 Å². The normalized spacial score (nSPS) is 19.7. The molecule has 1 saturated heterocycles. The molecule has 35 heavy (non-hydrogen) atoms. The van der Waals surface area contributed by atoms with Crippen LogP contribution in [0.3, 0.4) is 0 Å². The van der Waals surface area contributed by atoms with E-state index in [0.29, 0.717) is 37.6 Å². The Hall–Kier alpha value is -2.63. The standard InChI is InChI=1S/C24H28N6O3S2/c1-14(2)22-25-23(20-16-8-7-15(3)13-18(16)34-24(20)26-22)29-9-11-30(12-10-29)35(31,32)19-6-4-5-17-21(19)28-33-27-17/h4-6,14-15H,7-13H2,1-3H3. The van der Waals surface area contributed by atoms with Crippen molar-refractivity contribution in [1.29, 1.82) is 0 Å². The van der Waals surface area contributed by atoms with Crippen molar-refractivity contribution in [1.82, 2.24) is 24.6 Å². The number of aryl methyl sites for hydroxylation is 1. The number of aromatic nitrogens is 4. The summed E-state index contributed by atoms with van der Waals surface area (Å²) in [6, 6.07) is 4.93. The molecule has 1 atom stereocenters. The van der Waals surface area contributed by atoms with E-state index in [1.165, 1.54) is 26.6 Å². The maximum absolute atomic E-state index is 13.5.